The van der Waals surface area contributed by atoms with E-state index in [9.17, 15) is 9.59 Å². The SMILES string of the molecule is CCCCCCCC/C=C\CCCCCCCC(=O)O.CCCCCCCCCCCC(=O)OC. The molecule has 0 aliphatic heterocycles. The molecule has 0 heterocycles. The first-order valence-corrected chi connectivity index (χ1v) is 15.0. The molecule has 208 valence electrons. The van der Waals surface area contributed by atoms with Gasteiger partial charge in [0, 0.05) is 12.8 Å². The van der Waals surface area contributed by atoms with Gasteiger partial charge in [-0.3, -0.25) is 9.59 Å². The standard InChI is InChI=1S/C18H34O2.C13H26O2/c1-2-3-4-5-6-7-8-9-10-11-12-13-14-15-16-17-18(19)20;1-3-4-5-6-7-8-9-10-11-12-13(14)15-2/h9-10H,2-8,11-17H2,1H3,(H,19,20);3-12H2,1-2H3/b10-9-;. The number of carboxylic acids is 1. The molecule has 0 unspecified atom stereocenters. The Kier molecular flexibility index (Phi) is 33.5. The second-order valence-corrected chi connectivity index (χ2v) is 9.88. The topological polar surface area (TPSA) is 63.6 Å². The highest BCUT2D eigenvalue weighted by Gasteiger charge is 1.99. The highest BCUT2D eigenvalue weighted by Crippen LogP contribution is 2.11. The molecule has 4 nitrogen and oxygen atoms in total. The summed E-state index contributed by atoms with van der Waals surface area (Å²) in [6.45, 7) is 4.50. The minimum Gasteiger partial charge on any atom is -0.481 e. The Morgan fingerprint density at radius 1 is 0.543 bits per heavy atom. The number of carbonyl (C=O) groups excluding carboxylic acids is 1. The molecule has 0 aromatic rings. The van der Waals surface area contributed by atoms with Crippen LogP contribution in [0.3, 0.4) is 0 Å². The van der Waals surface area contributed by atoms with Gasteiger partial charge in [-0.05, 0) is 38.5 Å². The highest BCUT2D eigenvalue weighted by atomic mass is 16.5. The Morgan fingerprint density at radius 3 is 1.26 bits per heavy atom. The lowest BCUT2D eigenvalue weighted by molar-refractivity contribution is -0.141. The van der Waals surface area contributed by atoms with Crippen molar-refractivity contribution in [1.82, 2.24) is 0 Å². The van der Waals surface area contributed by atoms with E-state index < -0.39 is 5.97 Å². The van der Waals surface area contributed by atoms with Gasteiger partial charge in [-0.1, -0.05) is 129 Å². The van der Waals surface area contributed by atoms with Crippen molar-refractivity contribution in [1.29, 1.82) is 0 Å². The largest absolute Gasteiger partial charge is 0.481 e. The third kappa shape index (κ3) is 37.4. The summed E-state index contributed by atoms with van der Waals surface area (Å²) in [7, 11) is 1.45. The molecule has 0 aliphatic rings. The molecule has 35 heavy (non-hydrogen) atoms. The van der Waals surface area contributed by atoms with Crippen LogP contribution in [-0.2, 0) is 14.3 Å². The summed E-state index contributed by atoms with van der Waals surface area (Å²) in [5.74, 6) is -0.736. The lowest BCUT2D eigenvalue weighted by Crippen LogP contribution is -1.99. The Morgan fingerprint density at radius 2 is 0.886 bits per heavy atom. The van der Waals surface area contributed by atoms with E-state index in [1.165, 1.54) is 129 Å². The maximum Gasteiger partial charge on any atom is 0.305 e. The van der Waals surface area contributed by atoms with Crippen LogP contribution in [0, 0.1) is 0 Å². The first kappa shape index (κ1) is 35.8. The number of carbonyl (C=O) groups is 2. The first-order chi connectivity index (χ1) is 17.1. The van der Waals surface area contributed by atoms with Gasteiger partial charge in [0.25, 0.3) is 0 Å². The monoisotopic (exact) mass is 496 g/mol. The van der Waals surface area contributed by atoms with Crippen LogP contribution in [0.5, 0.6) is 0 Å². The normalized spacial score (nSPS) is 10.8. The van der Waals surface area contributed by atoms with E-state index in [2.05, 4.69) is 30.7 Å². The molecular formula is C31H60O4. The quantitative estimate of drug-likeness (QED) is 0.0775. The van der Waals surface area contributed by atoms with Crippen LogP contribution in [0.15, 0.2) is 12.2 Å². The molecule has 4 heteroatoms. The summed E-state index contributed by atoms with van der Waals surface area (Å²) < 4.78 is 4.58. The number of methoxy groups -OCH3 is 1. The molecule has 0 aliphatic carbocycles. The van der Waals surface area contributed by atoms with Crippen LogP contribution in [-0.4, -0.2) is 24.2 Å². The van der Waals surface area contributed by atoms with E-state index in [1.807, 2.05) is 0 Å². The van der Waals surface area contributed by atoms with Gasteiger partial charge in [0.05, 0.1) is 7.11 Å². The molecule has 0 aromatic carbocycles. The summed E-state index contributed by atoms with van der Waals surface area (Å²) in [5.41, 5.74) is 0. The van der Waals surface area contributed by atoms with Crippen molar-refractivity contribution >= 4 is 11.9 Å². The number of hydrogen-bond donors (Lipinski definition) is 1. The number of unbranched alkanes of at least 4 members (excludes halogenated alkanes) is 19. The van der Waals surface area contributed by atoms with Gasteiger partial charge in [-0.25, -0.2) is 0 Å². The van der Waals surface area contributed by atoms with Gasteiger partial charge >= 0.3 is 11.9 Å². The number of allylic oxidation sites excluding steroid dienone is 2. The zero-order chi connectivity index (χ0) is 26.2. The average Bonchev–Trinajstić information content (AvgIpc) is 2.85. The molecule has 0 aromatic heterocycles. The molecule has 0 saturated carbocycles. The summed E-state index contributed by atoms with van der Waals surface area (Å²) in [5, 5.41) is 8.51. The van der Waals surface area contributed by atoms with E-state index in [0.717, 1.165) is 19.3 Å². The summed E-state index contributed by atoms with van der Waals surface area (Å²) in [6, 6.07) is 0. The fourth-order valence-electron chi connectivity index (χ4n) is 4.03. The second-order valence-electron chi connectivity index (χ2n) is 9.88. The van der Waals surface area contributed by atoms with Gasteiger partial charge in [0.2, 0.25) is 0 Å². The maximum absolute atomic E-state index is 10.8. The molecular weight excluding hydrogens is 436 g/mol. The van der Waals surface area contributed by atoms with Crippen molar-refractivity contribution in [3.63, 3.8) is 0 Å². The van der Waals surface area contributed by atoms with Crippen molar-refractivity contribution in [3.8, 4) is 0 Å². The third-order valence-electron chi connectivity index (χ3n) is 6.36. The Bertz CT molecular complexity index is 459. The Hall–Kier alpha value is -1.32. The molecule has 0 rings (SSSR count). The van der Waals surface area contributed by atoms with Gasteiger partial charge in [-0.15, -0.1) is 0 Å². The predicted molar refractivity (Wildman–Crippen MR) is 151 cm³/mol. The molecule has 0 bridgehead atoms. The third-order valence-corrected chi connectivity index (χ3v) is 6.36. The van der Waals surface area contributed by atoms with Crippen LogP contribution in [0.4, 0.5) is 0 Å². The van der Waals surface area contributed by atoms with Crippen LogP contribution in [0.1, 0.15) is 168 Å². The number of esters is 1. The van der Waals surface area contributed by atoms with Gasteiger partial charge in [0.1, 0.15) is 0 Å². The van der Waals surface area contributed by atoms with Crippen molar-refractivity contribution in [2.24, 2.45) is 0 Å². The molecule has 0 atom stereocenters. The van der Waals surface area contributed by atoms with E-state index in [1.54, 1.807) is 0 Å². The average molecular weight is 497 g/mol. The molecule has 0 spiro atoms. The fourth-order valence-corrected chi connectivity index (χ4v) is 4.03. The molecule has 0 radical (unpaired) electrons. The van der Waals surface area contributed by atoms with E-state index in [-0.39, 0.29) is 5.97 Å². The molecule has 1 N–H and O–H groups in total. The Balaban J connectivity index is 0. The number of aliphatic carboxylic acids is 1. The van der Waals surface area contributed by atoms with E-state index in [4.69, 9.17) is 5.11 Å². The summed E-state index contributed by atoms with van der Waals surface area (Å²) in [6.07, 6.45) is 33.4. The number of carboxylic acid groups (broad SMARTS) is 1. The summed E-state index contributed by atoms with van der Waals surface area (Å²) in [4.78, 5) is 21.1. The Labute approximate surface area is 218 Å². The molecule has 0 fully saturated rings. The van der Waals surface area contributed by atoms with Crippen LogP contribution >= 0.6 is 0 Å². The van der Waals surface area contributed by atoms with E-state index in [0.29, 0.717) is 12.8 Å². The van der Waals surface area contributed by atoms with Crippen molar-refractivity contribution in [3.05, 3.63) is 12.2 Å². The molecule has 0 saturated heterocycles. The number of ether oxygens (including phenoxy) is 1. The van der Waals surface area contributed by atoms with Crippen LogP contribution < -0.4 is 0 Å². The zero-order valence-electron chi connectivity index (χ0n) is 23.8. The van der Waals surface area contributed by atoms with Crippen LogP contribution in [0.25, 0.3) is 0 Å². The smallest absolute Gasteiger partial charge is 0.305 e. The van der Waals surface area contributed by atoms with Crippen molar-refractivity contribution in [2.75, 3.05) is 7.11 Å². The highest BCUT2D eigenvalue weighted by molar-refractivity contribution is 5.69. The lowest BCUT2D eigenvalue weighted by Gasteiger charge is -2.01. The fraction of sp³-hybridized carbons (Fsp3) is 0.871. The van der Waals surface area contributed by atoms with E-state index >= 15 is 0 Å². The van der Waals surface area contributed by atoms with Gasteiger partial charge < -0.3 is 9.84 Å². The van der Waals surface area contributed by atoms with Crippen molar-refractivity contribution < 1.29 is 19.4 Å². The number of rotatable bonds is 25. The zero-order valence-corrected chi connectivity index (χ0v) is 23.8. The second kappa shape index (κ2) is 32.7. The predicted octanol–water partition coefficient (Wildman–Crippen LogP) is 10.2. The maximum atomic E-state index is 10.8. The van der Waals surface area contributed by atoms with Gasteiger partial charge in [-0.2, -0.15) is 0 Å². The van der Waals surface area contributed by atoms with Crippen molar-refractivity contribution in [2.45, 2.75) is 168 Å². The van der Waals surface area contributed by atoms with Crippen LogP contribution in [0.2, 0.25) is 0 Å². The first-order valence-electron chi connectivity index (χ1n) is 15.0. The molecule has 0 amide bonds. The lowest BCUT2D eigenvalue weighted by atomic mass is 10.1. The minimum absolute atomic E-state index is 0.0713. The minimum atomic E-state index is -0.664. The van der Waals surface area contributed by atoms with Gasteiger partial charge in [0.15, 0.2) is 0 Å². The summed E-state index contributed by atoms with van der Waals surface area (Å²) >= 11 is 0. The number of hydrogen-bond acceptors (Lipinski definition) is 3.